The molecule has 6 heteroatoms. The Balaban J connectivity index is 1.38. The Morgan fingerprint density at radius 2 is 2.07 bits per heavy atom. The van der Waals surface area contributed by atoms with Crippen LogP contribution >= 0.6 is 0 Å². The van der Waals surface area contributed by atoms with Crippen molar-refractivity contribution >= 4 is 17.5 Å². The van der Waals surface area contributed by atoms with Crippen LogP contribution in [-0.2, 0) is 4.79 Å². The molecular formula is C21H30N4O2. The SMILES string of the molecule is Cc1nc2ccccn2c1C(=O)NCCCCCC(=O)N1CCCCC1C. The van der Waals surface area contributed by atoms with E-state index < -0.39 is 0 Å². The molecule has 0 saturated carbocycles. The molecule has 1 saturated heterocycles. The molecule has 1 aliphatic heterocycles. The van der Waals surface area contributed by atoms with Gasteiger partial charge in [0.2, 0.25) is 5.91 Å². The molecule has 0 radical (unpaired) electrons. The quantitative estimate of drug-likeness (QED) is 0.760. The minimum atomic E-state index is -0.0931. The number of piperidine rings is 1. The number of aryl methyl sites for hydroxylation is 1. The molecular weight excluding hydrogens is 340 g/mol. The second-order valence-electron chi connectivity index (χ2n) is 7.47. The van der Waals surface area contributed by atoms with Gasteiger partial charge in [-0.05, 0) is 58.1 Å². The average Bonchev–Trinajstić information content (AvgIpc) is 3.00. The summed E-state index contributed by atoms with van der Waals surface area (Å²) < 4.78 is 1.82. The molecule has 3 rings (SSSR count). The van der Waals surface area contributed by atoms with Crippen molar-refractivity contribution in [3.63, 3.8) is 0 Å². The number of hydrogen-bond donors (Lipinski definition) is 1. The van der Waals surface area contributed by atoms with E-state index in [0.29, 0.717) is 24.7 Å². The number of nitrogens with one attached hydrogen (secondary N) is 1. The van der Waals surface area contributed by atoms with Gasteiger partial charge in [-0.3, -0.25) is 14.0 Å². The Morgan fingerprint density at radius 1 is 1.22 bits per heavy atom. The van der Waals surface area contributed by atoms with Crippen molar-refractivity contribution < 1.29 is 9.59 Å². The number of pyridine rings is 1. The lowest BCUT2D eigenvalue weighted by Crippen LogP contribution is -2.41. The summed E-state index contributed by atoms with van der Waals surface area (Å²) in [6.07, 6.45) is 8.67. The Labute approximate surface area is 161 Å². The van der Waals surface area contributed by atoms with Gasteiger partial charge < -0.3 is 10.2 Å². The van der Waals surface area contributed by atoms with Crippen LogP contribution in [0, 0.1) is 6.92 Å². The van der Waals surface area contributed by atoms with Crippen molar-refractivity contribution in [2.45, 2.75) is 64.8 Å². The molecule has 3 heterocycles. The van der Waals surface area contributed by atoms with E-state index >= 15 is 0 Å². The van der Waals surface area contributed by atoms with Crippen molar-refractivity contribution in [2.24, 2.45) is 0 Å². The number of likely N-dealkylation sites (tertiary alicyclic amines) is 1. The van der Waals surface area contributed by atoms with E-state index in [0.717, 1.165) is 50.0 Å². The first-order valence-corrected chi connectivity index (χ1v) is 10.1. The normalized spacial score (nSPS) is 17.3. The van der Waals surface area contributed by atoms with Crippen LogP contribution in [0.1, 0.15) is 68.1 Å². The number of carbonyl (C=O) groups is 2. The van der Waals surface area contributed by atoms with Crippen molar-refractivity contribution in [3.8, 4) is 0 Å². The first-order valence-electron chi connectivity index (χ1n) is 10.1. The topological polar surface area (TPSA) is 66.7 Å². The van der Waals surface area contributed by atoms with Crippen LogP contribution in [0.2, 0.25) is 0 Å². The van der Waals surface area contributed by atoms with Crippen LogP contribution in [0.25, 0.3) is 5.65 Å². The molecule has 1 fully saturated rings. The lowest BCUT2D eigenvalue weighted by atomic mass is 10.0. The van der Waals surface area contributed by atoms with Crippen LogP contribution in [0.4, 0.5) is 0 Å². The molecule has 0 aliphatic carbocycles. The number of fused-ring (bicyclic) bond motifs is 1. The van der Waals surface area contributed by atoms with Crippen molar-refractivity contribution in [1.29, 1.82) is 0 Å². The fourth-order valence-corrected chi connectivity index (χ4v) is 3.86. The van der Waals surface area contributed by atoms with Crippen LogP contribution in [0.3, 0.4) is 0 Å². The third-order valence-electron chi connectivity index (χ3n) is 5.40. The van der Waals surface area contributed by atoms with Crippen molar-refractivity contribution in [1.82, 2.24) is 19.6 Å². The molecule has 1 unspecified atom stereocenters. The Kier molecular flexibility index (Phi) is 6.48. The van der Waals surface area contributed by atoms with E-state index in [1.807, 2.05) is 40.6 Å². The van der Waals surface area contributed by atoms with Gasteiger partial charge in [-0.2, -0.15) is 0 Å². The third kappa shape index (κ3) is 4.67. The summed E-state index contributed by atoms with van der Waals surface area (Å²) in [7, 11) is 0. The highest BCUT2D eigenvalue weighted by Crippen LogP contribution is 2.18. The van der Waals surface area contributed by atoms with Gasteiger partial charge in [0.1, 0.15) is 11.3 Å². The first-order chi connectivity index (χ1) is 13.1. The summed E-state index contributed by atoms with van der Waals surface area (Å²) in [4.78, 5) is 31.3. The van der Waals surface area contributed by atoms with E-state index in [1.54, 1.807) is 0 Å². The van der Waals surface area contributed by atoms with E-state index in [-0.39, 0.29) is 11.8 Å². The van der Waals surface area contributed by atoms with E-state index in [9.17, 15) is 9.59 Å². The fourth-order valence-electron chi connectivity index (χ4n) is 3.86. The maximum absolute atomic E-state index is 12.5. The van der Waals surface area contributed by atoms with Gasteiger partial charge in [-0.1, -0.05) is 12.5 Å². The van der Waals surface area contributed by atoms with Gasteiger partial charge in [-0.15, -0.1) is 0 Å². The van der Waals surface area contributed by atoms with Gasteiger partial charge >= 0.3 is 0 Å². The standard InChI is InChI=1S/C21H30N4O2/c1-16-10-5-8-14-24(16)19(26)12-4-3-7-13-22-21(27)20-17(2)23-18-11-6-9-15-25(18)20/h6,9,11,15-16H,3-5,7-8,10,12-14H2,1-2H3,(H,22,27). The van der Waals surface area contributed by atoms with E-state index in [1.165, 1.54) is 6.42 Å². The van der Waals surface area contributed by atoms with Crippen molar-refractivity contribution in [2.75, 3.05) is 13.1 Å². The van der Waals surface area contributed by atoms with E-state index in [2.05, 4.69) is 17.2 Å². The molecule has 27 heavy (non-hydrogen) atoms. The second-order valence-corrected chi connectivity index (χ2v) is 7.47. The first kappa shape index (κ1) is 19.4. The molecule has 2 aromatic rings. The number of hydrogen-bond acceptors (Lipinski definition) is 3. The molecule has 146 valence electrons. The highest BCUT2D eigenvalue weighted by atomic mass is 16.2. The van der Waals surface area contributed by atoms with Crippen LogP contribution < -0.4 is 5.32 Å². The number of carbonyl (C=O) groups excluding carboxylic acids is 2. The molecule has 1 atom stereocenters. The van der Waals surface area contributed by atoms with Gasteiger partial charge in [0.15, 0.2) is 0 Å². The second kappa shape index (κ2) is 9.02. The number of imidazole rings is 1. The fraction of sp³-hybridized carbons (Fsp3) is 0.571. The number of unbranched alkanes of at least 4 members (excludes halogenated alkanes) is 2. The van der Waals surface area contributed by atoms with Crippen LogP contribution in [0.15, 0.2) is 24.4 Å². The minimum absolute atomic E-state index is 0.0931. The zero-order valence-electron chi connectivity index (χ0n) is 16.4. The Bertz CT molecular complexity index is 799. The minimum Gasteiger partial charge on any atom is -0.351 e. The predicted molar refractivity (Wildman–Crippen MR) is 106 cm³/mol. The van der Waals surface area contributed by atoms with Gasteiger partial charge in [-0.25, -0.2) is 4.98 Å². The zero-order chi connectivity index (χ0) is 19.2. The summed E-state index contributed by atoms with van der Waals surface area (Å²) in [5, 5.41) is 2.98. The lowest BCUT2D eigenvalue weighted by molar-refractivity contribution is -0.134. The van der Waals surface area contributed by atoms with E-state index in [4.69, 9.17) is 0 Å². The van der Waals surface area contributed by atoms with Gasteiger partial charge in [0.05, 0.1) is 5.69 Å². The summed E-state index contributed by atoms with van der Waals surface area (Å²) in [5.41, 5.74) is 2.12. The molecule has 1 aliphatic rings. The number of rotatable bonds is 7. The van der Waals surface area contributed by atoms with Crippen LogP contribution in [0.5, 0.6) is 0 Å². The average molecular weight is 370 g/mol. The Hall–Kier alpha value is -2.37. The number of amides is 2. The summed E-state index contributed by atoms with van der Waals surface area (Å²) in [6.45, 7) is 5.53. The number of aromatic nitrogens is 2. The smallest absolute Gasteiger partial charge is 0.270 e. The van der Waals surface area contributed by atoms with Crippen LogP contribution in [-0.4, -0.2) is 45.2 Å². The predicted octanol–water partition coefficient (Wildman–Crippen LogP) is 3.33. The molecule has 0 aromatic carbocycles. The maximum atomic E-state index is 12.5. The number of nitrogens with zero attached hydrogens (tertiary/aromatic N) is 3. The monoisotopic (exact) mass is 370 g/mol. The molecule has 0 bridgehead atoms. The third-order valence-corrected chi connectivity index (χ3v) is 5.40. The summed E-state index contributed by atoms with van der Waals surface area (Å²) in [6, 6.07) is 6.09. The summed E-state index contributed by atoms with van der Waals surface area (Å²) >= 11 is 0. The molecule has 2 aromatic heterocycles. The largest absolute Gasteiger partial charge is 0.351 e. The van der Waals surface area contributed by atoms with Gasteiger partial charge in [0, 0.05) is 31.7 Å². The zero-order valence-corrected chi connectivity index (χ0v) is 16.4. The molecule has 0 spiro atoms. The highest BCUT2D eigenvalue weighted by molar-refractivity contribution is 5.94. The van der Waals surface area contributed by atoms with Gasteiger partial charge in [0.25, 0.3) is 5.91 Å². The summed E-state index contributed by atoms with van der Waals surface area (Å²) in [5.74, 6) is 0.192. The lowest BCUT2D eigenvalue weighted by Gasteiger charge is -2.33. The highest BCUT2D eigenvalue weighted by Gasteiger charge is 2.22. The molecule has 2 amide bonds. The Morgan fingerprint density at radius 3 is 2.89 bits per heavy atom. The van der Waals surface area contributed by atoms with Crippen molar-refractivity contribution in [3.05, 3.63) is 35.8 Å². The molecule has 1 N–H and O–H groups in total. The maximum Gasteiger partial charge on any atom is 0.270 e. The molecule has 6 nitrogen and oxygen atoms in total.